The number of hydrogen-bond acceptors (Lipinski definition) is 18. The van der Waals surface area contributed by atoms with Gasteiger partial charge in [0.2, 0.25) is 29.5 Å². The maximum Gasteiger partial charge on any atom is 0.290 e. The zero-order valence-electron chi connectivity index (χ0n) is 77.5. The van der Waals surface area contributed by atoms with Crippen molar-refractivity contribution in [3.05, 3.63) is 347 Å². The molecule has 7 aliphatic rings. The van der Waals surface area contributed by atoms with Crippen LogP contribution < -0.4 is 73.3 Å². The number of carbonyl (C=O) groups is 5. The fourth-order valence-electron chi connectivity index (χ4n) is 16.2. The molecule has 5 atom stereocenters. The third kappa shape index (κ3) is 28.9. The summed E-state index contributed by atoms with van der Waals surface area (Å²) in [5.41, 5.74) is 16.1. The predicted molar refractivity (Wildman–Crippen MR) is 526 cm³/mol. The van der Waals surface area contributed by atoms with E-state index >= 15 is 0 Å². The van der Waals surface area contributed by atoms with Crippen LogP contribution in [0, 0.1) is 33.1 Å². The number of nitrogens with zero attached hydrogens (tertiary/aromatic N) is 1. The van der Waals surface area contributed by atoms with E-state index in [9.17, 15) is 53.1 Å². The zero-order chi connectivity index (χ0) is 96.4. The number of aliphatic hydroxyl groups is 3. The minimum absolute atomic E-state index is 0.00650. The monoisotopic (exact) mass is 1870 g/mol. The number of nitrogens with one attached hydrogen (secondary N) is 10. The number of aromatic nitrogens is 6. The molecule has 136 heavy (non-hydrogen) atoms. The van der Waals surface area contributed by atoms with Crippen LogP contribution in [0.1, 0.15) is 220 Å². The molecule has 5 aliphatic heterocycles. The molecule has 29 heteroatoms. The molecule has 0 unspecified atom stereocenters. The SMILES string of the molecule is Cc1ccc(/C(=C\[C@H]2CCC(=O)N2)c2ccc(C3CC3)c(=O)[nH]2)nc1.Cc1ccc(/C(=C\[C@H]2CCC(=O)N2)c2ccc(OC3CCCC3)c(=O)[nH]2)cc1.Cc1ccc(/C(=C\[C@H]2CCC(=O)N2)c2ccc(OCC(C)(C)CO)c(=O)[nH]2)cc1.Cc1ccc(/C(=C\[C@H]2CCC(=O)N2)c2ccc(OCCCO)c(=O)[nH]2)cc1.O=C1CC[C@H](/C=C(\c2ccc(Cl)cc2)c2ccc(OCCCO)c(=O)[nH]2)N1. The quantitative estimate of drug-likeness (QED) is 0.0186. The Labute approximate surface area is 794 Å². The summed E-state index contributed by atoms with van der Waals surface area (Å²) in [4.78, 5) is 139. The molecule has 17 rings (SSSR count). The molecule has 2 saturated carbocycles. The fraction of sp³-hybridized carbons (Fsp3) is 0.355. The van der Waals surface area contributed by atoms with Gasteiger partial charge in [0.05, 0.1) is 43.9 Å². The second-order valence-electron chi connectivity index (χ2n) is 36.0. The Morgan fingerprint density at radius 2 is 0.684 bits per heavy atom. The average Bonchev–Trinajstić information content (AvgIpc) is 1.06. The predicted octanol–water partition coefficient (Wildman–Crippen LogP) is 13.8. The van der Waals surface area contributed by atoms with Crippen LogP contribution in [-0.2, 0) is 24.0 Å². The van der Waals surface area contributed by atoms with Crippen molar-refractivity contribution < 1.29 is 58.2 Å². The number of halogens is 1. The van der Waals surface area contributed by atoms with Gasteiger partial charge in [-0.25, -0.2) is 0 Å². The molecule has 13 N–H and O–H groups in total. The van der Waals surface area contributed by atoms with Crippen molar-refractivity contribution >= 4 is 69.0 Å². The Hall–Kier alpha value is -13.8. The summed E-state index contributed by atoms with van der Waals surface area (Å²) >= 11 is 5.99. The van der Waals surface area contributed by atoms with E-state index in [0.29, 0.717) is 85.1 Å². The number of ether oxygens (including phenoxy) is 4. The summed E-state index contributed by atoms with van der Waals surface area (Å²) in [7, 11) is 0. The minimum atomic E-state index is -0.432. The number of aryl methyl sites for hydroxylation is 4. The van der Waals surface area contributed by atoms with Gasteiger partial charge in [-0.2, -0.15) is 0 Å². The standard InChI is InChI=1S/C23H28N2O4.C23H26N2O3.C21H24N2O4.C20H21ClN2O4.C20H21N3O2/c1-15-4-6-16(7-5-15)18(12-17-8-11-21(27)24-17)19-9-10-20(22(28)25-19)29-14-23(2,3)13-26;1-15-6-8-16(9-7-15)19(14-17-10-13-22(26)24-17)20-11-12-21(23(27)25-20)28-18-4-2-3-5-18;1-14-3-5-15(6-4-14)17(13-16-7-10-20(25)22-16)18-8-9-19(21(26)23-18)27-12-2-11-24;21-14-4-2-13(3-5-14)16(12-15-6-9-19(25)22-15)17-7-8-18(20(26)23-17)27-11-1-10-24;1-12-2-7-17(21-11-12)16(10-14-5-9-19(24)22-14)18-8-6-15(13-3-4-13)20(25)23-18/h4-7,9-10,12,17,26H,8,11,13-14H2,1-3H3,(H,24,27)(H,25,28);6-9,11-12,14,17-18H,2-5,10,13H2,1H3,(H,24,26)(H,25,27);3-6,8-9,13,16,24H,2,7,10-12H2,1H3,(H,22,25)(H,23,26);2-5,7-8,12,15,24H,1,6,9-11H2,(H,22,25)(H,23,26);2,6-8,10-11,13-14H,3-5,9H2,1H3,(H,22,24)(H,23,25)/b18-12+;19-14+;17-13+;16-12+;16-10+/t2*17-;16-;15-;14-/m11111/s1. The summed E-state index contributed by atoms with van der Waals surface area (Å²) in [6.45, 7) is 12.6. The first-order chi connectivity index (χ1) is 65.6. The van der Waals surface area contributed by atoms with Crippen LogP contribution in [-0.4, -0.2) is 151 Å². The number of amides is 5. The number of benzene rings is 4. The van der Waals surface area contributed by atoms with E-state index in [4.69, 9.17) is 40.8 Å². The van der Waals surface area contributed by atoms with Crippen molar-refractivity contribution in [3.8, 4) is 23.0 Å². The molecule has 5 saturated heterocycles. The fourth-order valence-corrected chi connectivity index (χ4v) is 16.3. The second kappa shape index (κ2) is 47.9. The highest BCUT2D eigenvalue weighted by Gasteiger charge is 2.30. The van der Waals surface area contributed by atoms with Crippen molar-refractivity contribution in [1.82, 2.24) is 56.5 Å². The van der Waals surface area contributed by atoms with Crippen LogP contribution >= 0.6 is 11.6 Å². The summed E-state index contributed by atoms with van der Waals surface area (Å²) in [5.74, 6) is 1.68. The van der Waals surface area contributed by atoms with E-state index in [1.165, 1.54) is 5.56 Å². The number of carbonyl (C=O) groups excluding carboxylic acids is 5. The van der Waals surface area contributed by atoms with Crippen LogP contribution in [0.3, 0.4) is 0 Å². The highest BCUT2D eigenvalue weighted by molar-refractivity contribution is 6.30. The molecule has 11 heterocycles. The van der Waals surface area contributed by atoms with Gasteiger partial charge in [-0.05, 0) is 205 Å². The molecule has 0 radical (unpaired) electrons. The Morgan fingerprint density at radius 1 is 0.368 bits per heavy atom. The van der Waals surface area contributed by atoms with Crippen molar-refractivity contribution in [3.63, 3.8) is 0 Å². The Kier molecular flexibility index (Phi) is 35.1. The molecule has 2 aliphatic carbocycles. The lowest BCUT2D eigenvalue weighted by molar-refractivity contribution is -0.120. The third-order valence-electron chi connectivity index (χ3n) is 24.1. The molecule has 4 aromatic carbocycles. The van der Waals surface area contributed by atoms with Gasteiger partial charge in [-0.3, -0.25) is 52.9 Å². The third-order valence-corrected chi connectivity index (χ3v) is 24.3. The molecule has 5 amide bonds. The topological polar surface area (TPSA) is 420 Å². The minimum Gasteiger partial charge on any atom is -0.488 e. The van der Waals surface area contributed by atoms with Crippen LogP contribution in [0.15, 0.2) is 230 Å². The van der Waals surface area contributed by atoms with Crippen molar-refractivity contribution in [1.29, 1.82) is 0 Å². The molecule has 712 valence electrons. The Bertz CT molecular complexity index is 6190. The average molecular weight is 1870 g/mol. The smallest absolute Gasteiger partial charge is 0.290 e. The highest BCUT2D eigenvalue weighted by atomic mass is 35.5. The van der Waals surface area contributed by atoms with Gasteiger partial charge in [0, 0.05) is 161 Å². The van der Waals surface area contributed by atoms with Gasteiger partial charge in [-0.1, -0.05) is 170 Å². The van der Waals surface area contributed by atoms with E-state index in [1.54, 1.807) is 48.5 Å². The van der Waals surface area contributed by atoms with Crippen LogP contribution in [0.5, 0.6) is 23.0 Å². The van der Waals surface area contributed by atoms with Crippen molar-refractivity contribution in [2.75, 3.05) is 39.6 Å². The van der Waals surface area contributed by atoms with Gasteiger partial charge in [0.25, 0.3) is 27.8 Å². The molecule has 0 spiro atoms. The summed E-state index contributed by atoms with van der Waals surface area (Å²) in [6.07, 6.45) is 25.7. The maximum absolute atomic E-state index is 12.6. The van der Waals surface area contributed by atoms with Crippen molar-refractivity contribution in [2.45, 2.75) is 199 Å². The van der Waals surface area contributed by atoms with E-state index in [-0.39, 0.29) is 151 Å². The summed E-state index contributed by atoms with van der Waals surface area (Å²) in [5, 5.41) is 42.4. The molecule has 28 nitrogen and oxygen atoms in total. The number of rotatable bonds is 30. The Morgan fingerprint density at radius 3 is 0.993 bits per heavy atom. The van der Waals surface area contributed by atoms with Gasteiger partial charge in [0.1, 0.15) is 0 Å². The van der Waals surface area contributed by atoms with E-state index in [2.05, 4.69) is 56.5 Å². The van der Waals surface area contributed by atoms with E-state index in [1.807, 2.05) is 199 Å². The normalized spacial score (nSPS) is 18.4. The van der Waals surface area contributed by atoms with Crippen LogP contribution in [0.4, 0.5) is 0 Å². The first kappa shape index (κ1) is 99.7. The summed E-state index contributed by atoms with van der Waals surface area (Å²) < 4.78 is 22.3. The zero-order valence-corrected chi connectivity index (χ0v) is 78.3. The van der Waals surface area contributed by atoms with Gasteiger partial charge < -0.3 is 85.8 Å². The number of aliphatic hydroxyl groups excluding tert-OH is 3. The second-order valence-corrected chi connectivity index (χ2v) is 36.4. The molecule has 10 aromatic rings. The number of hydrogen-bond donors (Lipinski definition) is 13. The lowest BCUT2D eigenvalue weighted by atomic mass is 9.96. The largest absolute Gasteiger partial charge is 0.488 e. The number of aromatic amines is 5. The maximum atomic E-state index is 12.6. The Balaban J connectivity index is 0.000000144. The van der Waals surface area contributed by atoms with Gasteiger partial charge in [0.15, 0.2) is 23.0 Å². The number of H-pyrrole nitrogens is 5. The molecular weight excluding hydrogens is 1750 g/mol. The number of pyridine rings is 6. The molecule has 7 fully saturated rings. The molecule has 0 bridgehead atoms. The van der Waals surface area contributed by atoms with Crippen LogP contribution in [0.2, 0.25) is 5.02 Å². The van der Waals surface area contributed by atoms with Gasteiger partial charge in [-0.15, -0.1) is 0 Å². The highest BCUT2D eigenvalue weighted by Crippen LogP contribution is 2.39. The molecular formula is C107H120ClN11O17. The van der Waals surface area contributed by atoms with E-state index in [0.717, 1.165) is 154 Å². The van der Waals surface area contributed by atoms with Crippen molar-refractivity contribution in [2.24, 2.45) is 5.41 Å². The lowest BCUT2D eigenvalue weighted by Gasteiger charge is -2.21. The molecule has 6 aromatic heterocycles. The lowest BCUT2D eigenvalue weighted by Crippen LogP contribution is -2.27. The summed E-state index contributed by atoms with van der Waals surface area (Å²) in [6, 6.07) is 53.1. The van der Waals surface area contributed by atoms with Gasteiger partial charge >= 0.3 is 0 Å². The van der Waals surface area contributed by atoms with Crippen LogP contribution in [0.25, 0.3) is 27.9 Å². The first-order valence-corrected chi connectivity index (χ1v) is 47.0. The first-order valence-electron chi connectivity index (χ1n) is 46.6. The van der Waals surface area contributed by atoms with E-state index < -0.39 is 5.41 Å².